The molecule has 0 saturated heterocycles. The van der Waals surface area contributed by atoms with Crippen molar-refractivity contribution in [1.29, 1.82) is 0 Å². The smallest absolute Gasteiger partial charge is 0.267 e. The Kier molecular flexibility index (Phi) is 1.65. The Morgan fingerprint density at radius 2 is 2.17 bits per heavy atom. The molecule has 5 heteroatoms. The van der Waals surface area contributed by atoms with E-state index in [0.717, 1.165) is 5.39 Å². The van der Waals surface area contributed by atoms with Gasteiger partial charge in [0.1, 0.15) is 0 Å². The van der Waals surface area contributed by atoms with Gasteiger partial charge in [-0.25, -0.2) is 5.10 Å². The number of fused-ring (bicyclic) bond motifs is 1. The highest BCUT2D eigenvalue weighted by Gasteiger charge is 2.01. The SMILES string of the molecule is O=c1[nH]ncc2cncc(Br)c12. The molecule has 60 valence electrons. The Hall–Kier alpha value is -1.23. The van der Waals surface area contributed by atoms with Gasteiger partial charge < -0.3 is 0 Å². The highest BCUT2D eigenvalue weighted by molar-refractivity contribution is 9.10. The number of hydrogen-bond donors (Lipinski definition) is 1. The fourth-order valence-electron chi connectivity index (χ4n) is 1.00. The summed E-state index contributed by atoms with van der Waals surface area (Å²) in [5, 5.41) is 7.32. The molecule has 0 aliphatic heterocycles. The molecule has 0 aliphatic rings. The van der Waals surface area contributed by atoms with Crippen molar-refractivity contribution in [3.63, 3.8) is 0 Å². The van der Waals surface area contributed by atoms with Crippen LogP contribution in [0.2, 0.25) is 0 Å². The molecule has 0 atom stereocenters. The van der Waals surface area contributed by atoms with Crippen molar-refractivity contribution < 1.29 is 0 Å². The molecule has 2 aromatic heterocycles. The van der Waals surface area contributed by atoms with Gasteiger partial charge in [0.15, 0.2) is 0 Å². The summed E-state index contributed by atoms with van der Waals surface area (Å²) in [6.45, 7) is 0. The molecule has 0 radical (unpaired) electrons. The van der Waals surface area contributed by atoms with E-state index in [4.69, 9.17) is 0 Å². The van der Waals surface area contributed by atoms with Crippen LogP contribution >= 0.6 is 15.9 Å². The summed E-state index contributed by atoms with van der Waals surface area (Å²) in [5.74, 6) is 0. The normalized spacial score (nSPS) is 10.4. The van der Waals surface area contributed by atoms with Crippen LogP contribution in [0.25, 0.3) is 10.8 Å². The van der Waals surface area contributed by atoms with E-state index in [1.165, 1.54) is 0 Å². The molecule has 0 fully saturated rings. The Labute approximate surface area is 75.8 Å². The van der Waals surface area contributed by atoms with Gasteiger partial charge in [0.05, 0.1) is 11.6 Å². The molecule has 1 N–H and O–H groups in total. The maximum Gasteiger partial charge on any atom is 0.273 e. The van der Waals surface area contributed by atoms with E-state index in [2.05, 4.69) is 31.1 Å². The fraction of sp³-hybridized carbons (Fsp3) is 0. The van der Waals surface area contributed by atoms with Crippen LogP contribution in [0.4, 0.5) is 0 Å². The molecule has 0 aliphatic carbocycles. The predicted octanol–water partition coefficient (Wildman–Crippen LogP) is 1.08. The first-order chi connectivity index (χ1) is 5.79. The lowest BCUT2D eigenvalue weighted by atomic mass is 10.3. The molecular formula is C7H4BrN3O. The lowest BCUT2D eigenvalue weighted by molar-refractivity contribution is 1.01. The molecule has 4 nitrogen and oxygen atoms in total. The van der Waals surface area contributed by atoms with E-state index in [1.807, 2.05) is 0 Å². The van der Waals surface area contributed by atoms with E-state index in [9.17, 15) is 4.79 Å². The van der Waals surface area contributed by atoms with E-state index < -0.39 is 0 Å². The number of H-pyrrole nitrogens is 1. The third kappa shape index (κ3) is 1.02. The van der Waals surface area contributed by atoms with Gasteiger partial charge in [-0.05, 0) is 15.9 Å². The highest BCUT2D eigenvalue weighted by Crippen LogP contribution is 2.16. The Bertz CT molecular complexity index is 474. The lowest BCUT2D eigenvalue weighted by Crippen LogP contribution is -2.07. The minimum Gasteiger partial charge on any atom is -0.267 e. The standard InChI is InChI=1S/C7H4BrN3O/c8-5-3-9-1-4-2-10-11-7(12)6(4)5/h1-3H,(H,11,12). The maximum absolute atomic E-state index is 11.2. The Morgan fingerprint density at radius 1 is 1.33 bits per heavy atom. The first-order valence-corrected chi connectivity index (χ1v) is 4.05. The van der Waals surface area contributed by atoms with Crippen LogP contribution in [0.1, 0.15) is 0 Å². The molecule has 0 spiro atoms. The van der Waals surface area contributed by atoms with Crippen LogP contribution < -0.4 is 5.56 Å². The minimum atomic E-state index is -0.207. The number of rotatable bonds is 0. The van der Waals surface area contributed by atoms with E-state index >= 15 is 0 Å². The Morgan fingerprint density at radius 3 is 2.92 bits per heavy atom. The van der Waals surface area contributed by atoms with E-state index in [1.54, 1.807) is 18.6 Å². The first-order valence-electron chi connectivity index (χ1n) is 3.26. The van der Waals surface area contributed by atoms with Crippen molar-refractivity contribution >= 4 is 26.7 Å². The number of hydrogen-bond acceptors (Lipinski definition) is 3. The van der Waals surface area contributed by atoms with E-state index in [0.29, 0.717) is 9.86 Å². The third-order valence-corrected chi connectivity index (χ3v) is 2.13. The van der Waals surface area contributed by atoms with Gasteiger partial charge in [-0.15, -0.1) is 0 Å². The van der Waals surface area contributed by atoms with Crippen molar-refractivity contribution in [3.8, 4) is 0 Å². The summed E-state index contributed by atoms with van der Waals surface area (Å²) in [5.41, 5.74) is -0.207. The largest absolute Gasteiger partial charge is 0.273 e. The molecule has 2 aromatic rings. The molecule has 2 heterocycles. The molecule has 12 heavy (non-hydrogen) atoms. The number of nitrogens with one attached hydrogen (secondary N) is 1. The van der Waals surface area contributed by atoms with Gasteiger partial charge in [-0.1, -0.05) is 0 Å². The molecule has 0 saturated carbocycles. The number of aromatic amines is 1. The zero-order valence-electron chi connectivity index (χ0n) is 5.91. The molecular weight excluding hydrogens is 222 g/mol. The lowest BCUT2D eigenvalue weighted by Gasteiger charge is -1.95. The van der Waals surface area contributed by atoms with Crippen LogP contribution in [0.3, 0.4) is 0 Å². The van der Waals surface area contributed by atoms with Gasteiger partial charge in [-0.3, -0.25) is 9.78 Å². The maximum atomic E-state index is 11.2. The summed E-state index contributed by atoms with van der Waals surface area (Å²) in [6, 6.07) is 0. The molecule has 0 bridgehead atoms. The third-order valence-electron chi connectivity index (χ3n) is 1.53. The van der Waals surface area contributed by atoms with Gasteiger partial charge in [0, 0.05) is 22.3 Å². The zero-order valence-corrected chi connectivity index (χ0v) is 7.50. The Balaban J connectivity index is 3.07. The van der Waals surface area contributed by atoms with Crippen LogP contribution in [-0.4, -0.2) is 15.2 Å². The van der Waals surface area contributed by atoms with Crippen molar-refractivity contribution in [2.45, 2.75) is 0 Å². The molecule has 0 aromatic carbocycles. The van der Waals surface area contributed by atoms with Gasteiger partial charge >= 0.3 is 0 Å². The van der Waals surface area contributed by atoms with Crippen molar-refractivity contribution in [1.82, 2.24) is 15.2 Å². The van der Waals surface area contributed by atoms with Crippen LogP contribution in [0.5, 0.6) is 0 Å². The number of halogens is 1. The quantitative estimate of drug-likeness (QED) is 0.731. The highest BCUT2D eigenvalue weighted by atomic mass is 79.9. The zero-order chi connectivity index (χ0) is 8.55. The van der Waals surface area contributed by atoms with Gasteiger partial charge in [0.2, 0.25) is 0 Å². The van der Waals surface area contributed by atoms with Crippen LogP contribution in [-0.2, 0) is 0 Å². The van der Waals surface area contributed by atoms with E-state index in [-0.39, 0.29) is 5.56 Å². The summed E-state index contributed by atoms with van der Waals surface area (Å²) in [6.07, 6.45) is 4.74. The first kappa shape index (κ1) is 7.42. The van der Waals surface area contributed by atoms with Crippen molar-refractivity contribution in [2.24, 2.45) is 0 Å². The van der Waals surface area contributed by atoms with Crippen LogP contribution in [0.15, 0.2) is 27.9 Å². The fourth-order valence-corrected chi connectivity index (χ4v) is 1.53. The van der Waals surface area contributed by atoms with Gasteiger partial charge in [-0.2, -0.15) is 5.10 Å². The molecule has 2 rings (SSSR count). The molecule has 0 unspecified atom stereocenters. The summed E-state index contributed by atoms with van der Waals surface area (Å²) in [4.78, 5) is 15.1. The van der Waals surface area contributed by atoms with Gasteiger partial charge in [0.25, 0.3) is 5.56 Å². The second kappa shape index (κ2) is 2.67. The summed E-state index contributed by atoms with van der Waals surface area (Å²) >= 11 is 3.24. The van der Waals surface area contributed by atoms with Crippen molar-refractivity contribution in [2.75, 3.05) is 0 Å². The average molecular weight is 226 g/mol. The minimum absolute atomic E-state index is 0.207. The summed E-state index contributed by atoms with van der Waals surface area (Å²) in [7, 11) is 0. The second-order valence-corrected chi connectivity index (χ2v) is 3.14. The van der Waals surface area contributed by atoms with Crippen molar-refractivity contribution in [3.05, 3.63) is 33.4 Å². The monoisotopic (exact) mass is 225 g/mol. The topological polar surface area (TPSA) is 58.6 Å². The number of pyridine rings is 1. The van der Waals surface area contributed by atoms with Crippen LogP contribution in [0, 0.1) is 0 Å². The average Bonchev–Trinajstić information content (AvgIpc) is 2.04. The number of aromatic nitrogens is 3. The molecule has 0 amide bonds. The predicted molar refractivity (Wildman–Crippen MR) is 47.9 cm³/mol. The summed E-state index contributed by atoms with van der Waals surface area (Å²) < 4.78 is 0.684. The second-order valence-electron chi connectivity index (χ2n) is 2.28. The number of nitrogens with zero attached hydrogens (tertiary/aromatic N) is 2.